The first-order valence-corrected chi connectivity index (χ1v) is 7.22. The molecule has 8 heteroatoms. The van der Waals surface area contributed by atoms with Crippen molar-refractivity contribution in [1.82, 2.24) is 10.4 Å². The summed E-state index contributed by atoms with van der Waals surface area (Å²) in [5.74, 6) is -0.324. The minimum atomic E-state index is -0.838. The number of para-hydroxylation sites is 1. The van der Waals surface area contributed by atoms with Crippen LogP contribution in [-0.2, 0) is 9.63 Å². The summed E-state index contributed by atoms with van der Waals surface area (Å²) in [5, 5.41) is 14.1. The van der Waals surface area contributed by atoms with Crippen LogP contribution in [0.1, 0.15) is 12.8 Å². The lowest BCUT2D eigenvalue weighted by Crippen LogP contribution is -2.30. The number of aliphatic carboxylic acids is 1. The fourth-order valence-electron chi connectivity index (χ4n) is 1.78. The van der Waals surface area contributed by atoms with E-state index in [0.29, 0.717) is 47.8 Å². The Kier molecular flexibility index (Phi) is 5.67. The van der Waals surface area contributed by atoms with Crippen LogP contribution in [0.3, 0.4) is 0 Å². The summed E-state index contributed by atoms with van der Waals surface area (Å²) in [6.07, 6.45) is 0.510. The summed E-state index contributed by atoms with van der Waals surface area (Å²) in [6, 6.07) is 5.16. The van der Waals surface area contributed by atoms with Crippen LogP contribution >= 0.6 is 23.2 Å². The van der Waals surface area contributed by atoms with E-state index in [4.69, 9.17) is 33.1 Å². The van der Waals surface area contributed by atoms with Gasteiger partial charge in [0.1, 0.15) is 5.69 Å². The molecular weight excluding hydrogens is 317 g/mol. The molecular formula is C13H15Cl2N3O3. The number of carboxylic acid groups (broad SMARTS) is 1. The van der Waals surface area contributed by atoms with Crippen molar-refractivity contribution in [3.63, 3.8) is 0 Å². The van der Waals surface area contributed by atoms with Crippen LogP contribution in [0.2, 0.25) is 10.0 Å². The minimum absolute atomic E-state index is 0.0735. The number of rotatable bonds is 6. The van der Waals surface area contributed by atoms with Gasteiger partial charge in [0.05, 0.1) is 23.2 Å². The van der Waals surface area contributed by atoms with Gasteiger partial charge in [0.25, 0.3) is 0 Å². The number of carboxylic acids is 1. The lowest BCUT2D eigenvalue weighted by atomic mass is 10.3. The molecule has 1 heterocycles. The van der Waals surface area contributed by atoms with Crippen molar-refractivity contribution in [3.05, 3.63) is 28.2 Å². The number of carbonyl (C=O) groups is 1. The molecule has 0 aliphatic carbocycles. The van der Waals surface area contributed by atoms with Gasteiger partial charge in [0.2, 0.25) is 5.96 Å². The molecule has 2 rings (SSSR count). The molecule has 1 aromatic rings. The van der Waals surface area contributed by atoms with Crippen molar-refractivity contribution in [1.29, 1.82) is 0 Å². The second kappa shape index (κ2) is 7.49. The number of benzene rings is 1. The van der Waals surface area contributed by atoms with Gasteiger partial charge in [-0.1, -0.05) is 29.3 Å². The van der Waals surface area contributed by atoms with Gasteiger partial charge in [0, 0.05) is 13.0 Å². The quantitative estimate of drug-likeness (QED) is 0.784. The molecule has 6 nitrogen and oxygen atoms in total. The first kappa shape index (κ1) is 15.9. The van der Waals surface area contributed by atoms with Gasteiger partial charge < -0.3 is 10.4 Å². The molecule has 1 aromatic carbocycles. The molecule has 0 atom stereocenters. The Balaban J connectivity index is 2.01. The third-order valence-corrected chi connectivity index (χ3v) is 3.38. The Labute approximate surface area is 132 Å². The van der Waals surface area contributed by atoms with Gasteiger partial charge in [-0.15, -0.1) is 0 Å². The van der Waals surface area contributed by atoms with Crippen LogP contribution in [0.4, 0.5) is 5.69 Å². The predicted octanol–water partition coefficient (Wildman–Crippen LogP) is 2.68. The van der Waals surface area contributed by atoms with E-state index in [2.05, 4.69) is 10.3 Å². The highest BCUT2D eigenvalue weighted by Gasteiger charge is 2.20. The molecule has 0 aromatic heterocycles. The van der Waals surface area contributed by atoms with Gasteiger partial charge in [0.15, 0.2) is 0 Å². The second-order valence-electron chi connectivity index (χ2n) is 4.37. The molecule has 0 unspecified atom stereocenters. The average molecular weight is 332 g/mol. The Hall–Kier alpha value is -1.50. The normalized spacial score (nSPS) is 16.3. The Bertz CT molecular complexity index is 531. The summed E-state index contributed by atoms with van der Waals surface area (Å²) in [7, 11) is 0. The number of nitrogens with zero attached hydrogens (tertiary/aromatic N) is 2. The highest BCUT2D eigenvalue weighted by atomic mass is 35.5. The Morgan fingerprint density at radius 2 is 2.14 bits per heavy atom. The lowest BCUT2D eigenvalue weighted by Gasteiger charge is -2.17. The molecule has 1 fully saturated rings. The van der Waals surface area contributed by atoms with Crippen LogP contribution in [0.15, 0.2) is 23.2 Å². The molecule has 0 radical (unpaired) electrons. The van der Waals surface area contributed by atoms with Crippen molar-refractivity contribution in [2.24, 2.45) is 4.99 Å². The summed E-state index contributed by atoms with van der Waals surface area (Å²) >= 11 is 12.1. The molecule has 0 saturated carbocycles. The van der Waals surface area contributed by atoms with E-state index in [1.165, 1.54) is 0 Å². The number of hydrogen-bond donors (Lipinski definition) is 2. The van der Waals surface area contributed by atoms with Crippen LogP contribution < -0.4 is 5.32 Å². The zero-order chi connectivity index (χ0) is 15.2. The van der Waals surface area contributed by atoms with Gasteiger partial charge in [-0.2, -0.15) is 0 Å². The summed E-state index contributed by atoms with van der Waals surface area (Å²) < 4.78 is 0. The minimum Gasteiger partial charge on any atom is -0.481 e. The highest BCUT2D eigenvalue weighted by Crippen LogP contribution is 2.33. The van der Waals surface area contributed by atoms with Crippen molar-refractivity contribution in [2.45, 2.75) is 12.8 Å². The first-order chi connectivity index (χ1) is 10.1. The number of halogens is 2. The smallest absolute Gasteiger partial charge is 0.303 e. The lowest BCUT2D eigenvalue weighted by molar-refractivity contribution is -0.138. The molecule has 0 bridgehead atoms. The molecule has 21 heavy (non-hydrogen) atoms. The van der Waals surface area contributed by atoms with E-state index >= 15 is 0 Å². The third kappa shape index (κ3) is 4.49. The van der Waals surface area contributed by atoms with E-state index in [1.807, 2.05) is 0 Å². The van der Waals surface area contributed by atoms with E-state index in [9.17, 15) is 4.79 Å². The van der Waals surface area contributed by atoms with Crippen LogP contribution in [0, 0.1) is 0 Å². The first-order valence-electron chi connectivity index (χ1n) is 6.47. The van der Waals surface area contributed by atoms with E-state index < -0.39 is 5.97 Å². The molecule has 1 saturated heterocycles. The second-order valence-corrected chi connectivity index (χ2v) is 5.18. The molecule has 0 amide bonds. The maximum absolute atomic E-state index is 10.4. The van der Waals surface area contributed by atoms with Crippen molar-refractivity contribution >= 4 is 40.8 Å². The highest BCUT2D eigenvalue weighted by molar-refractivity contribution is 6.38. The number of hydrogen-bond acceptors (Lipinski definition) is 3. The number of aliphatic imine (C=N–C) groups is 1. The topological polar surface area (TPSA) is 74.2 Å². The van der Waals surface area contributed by atoms with Crippen LogP contribution in [0.5, 0.6) is 0 Å². The molecule has 1 aliphatic rings. The molecule has 1 aliphatic heterocycles. The summed E-state index contributed by atoms with van der Waals surface area (Å²) in [5.41, 5.74) is 0.476. The monoisotopic (exact) mass is 331 g/mol. The summed E-state index contributed by atoms with van der Waals surface area (Å²) in [4.78, 5) is 20.3. The number of nitrogens with one attached hydrogen (secondary N) is 1. The van der Waals surface area contributed by atoms with E-state index in [1.54, 1.807) is 23.3 Å². The molecule has 0 spiro atoms. The fraction of sp³-hybridized carbons (Fsp3) is 0.385. The van der Waals surface area contributed by atoms with Crippen molar-refractivity contribution in [2.75, 3.05) is 19.7 Å². The standard InChI is InChI=1S/C13H15Cl2N3O3/c14-9-3-1-4-10(15)12(9)17-13-16-6-7-18(13)21-8-2-5-11(19)20/h1,3-4H,2,5-8H2,(H,16,17)(H,19,20). The zero-order valence-electron chi connectivity index (χ0n) is 11.2. The van der Waals surface area contributed by atoms with Crippen molar-refractivity contribution < 1.29 is 14.7 Å². The SMILES string of the molecule is O=C(O)CCCON1CCN/C1=N\c1c(Cl)cccc1Cl. The maximum atomic E-state index is 10.4. The van der Waals surface area contributed by atoms with Gasteiger partial charge >= 0.3 is 5.97 Å². The Morgan fingerprint density at radius 1 is 1.43 bits per heavy atom. The maximum Gasteiger partial charge on any atom is 0.303 e. The van der Waals surface area contributed by atoms with Gasteiger partial charge in [-0.3, -0.25) is 9.63 Å². The number of guanidine groups is 1. The fourth-order valence-corrected chi connectivity index (χ4v) is 2.27. The van der Waals surface area contributed by atoms with E-state index in [-0.39, 0.29) is 6.42 Å². The number of hydroxylamine groups is 2. The van der Waals surface area contributed by atoms with Crippen LogP contribution in [-0.4, -0.2) is 41.8 Å². The van der Waals surface area contributed by atoms with Crippen molar-refractivity contribution in [3.8, 4) is 0 Å². The third-order valence-electron chi connectivity index (χ3n) is 2.77. The van der Waals surface area contributed by atoms with Gasteiger partial charge in [-0.25, -0.2) is 10.1 Å². The largest absolute Gasteiger partial charge is 0.481 e. The zero-order valence-corrected chi connectivity index (χ0v) is 12.7. The predicted molar refractivity (Wildman–Crippen MR) is 81.1 cm³/mol. The van der Waals surface area contributed by atoms with Gasteiger partial charge in [-0.05, 0) is 18.6 Å². The van der Waals surface area contributed by atoms with E-state index in [0.717, 1.165) is 0 Å². The summed E-state index contributed by atoms with van der Waals surface area (Å²) in [6.45, 7) is 1.61. The van der Waals surface area contributed by atoms with Crippen LogP contribution in [0.25, 0.3) is 0 Å². The molecule has 114 valence electrons. The average Bonchev–Trinajstić information content (AvgIpc) is 2.86. The Morgan fingerprint density at radius 3 is 2.81 bits per heavy atom. The molecule has 2 N–H and O–H groups in total.